The second-order valence-electron chi connectivity index (χ2n) is 3.59. The molecule has 0 aromatic heterocycles. The van der Waals surface area contributed by atoms with Gasteiger partial charge < -0.3 is 5.32 Å². The van der Waals surface area contributed by atoms with Crippen molar-refractivity contribution in [2.24, 2.45) is 0 Å². The third-order valence-electron chi connectivity index (χ3n) is 2.27. The second kappa shape index (κ2) is 5.55. The van der Waals surface area contributed by atoms with E-state index in [4.69, 9.17) is 0 Å². The van der Waals surface area contributed by atoms with E-state index in [1.807, 2.05) is 44.3 Å². The monoisotopic (exact) mass is 191 g/mol. The maximum Gasteiger partial charge on any atom is 0.138 e. The molecule has 2 heteroatoms. The number of Topliss-reactive ketones (excluding diaryl/α,β-unsaturated/α-hetero) is 1. The quantitative estimate of drug-likeness (QED) is 0.769. The number of ketones is 1. The number of hydrogen-bond donors (Lipinski definition) is 1. The number of benzene rings is 1. The van der Waals surface area contributed by atoms with Crippen LogP contribution < -0.4 is 5.32 Å². The molecule has 14 heavy (non-hydrogen) atoms. The molecule has 2 nitrogen and oxygen atoms in total. The average molecular weight is 191 g/mol. The van der Waals surface area contributed by atoms with Gasteiger partial charge in [0, 0.05) is 18.9 Å². The van der Waals surface area contributed by atoms with Gasteiger partial charge in [0.1, 0.15) is 5.78 Å². The van der Waals surface area contributed by atoms with E-state index in [-0.39, 0.29) is 11.8 Å². The van der Waals surface area contributed by atoms with E-state index in [0.717, 1.165) is 5.56 Å². The van der Waals surface area contributed by atoms with E-state index in [0.29, 0.717) is 12.8 Å². The first-order valence-electron chi connectivity index (χ1n) is 4.95. The Morgan fingerprint density at radius 3 is 2.57 bits per heavy atom. The van der Waals surface area contributed by atoms with Gasteiger partial charge in [0.05, 0.1) is 0 Å². The van der Waals surface area contributed by atoms with Gasteiger partial charge in [0.15, 0.2) is 0 Å². The van der Waals surface area contributed by atoms with E-state index < -0.39 is 0 Å². The summed E-state index contributed by atoms with van der Waals surface area (Å²) in [5.41, 5.74) is 1.10. The summed E-state index contributed by atoms with van der Waals surface area (Å²) in [7, 11) is 1.88. The molecule has 0 aliphatic rings. The van der Waals surface area contributed by atoms with E-state index in [1.165, 1.54) is 0 Å². The summed E-state index contributed by atoms with van der Waals surface area (Å²) in [6, 6.07) is 10.1. The van der Waals surface area contributed by atoms with Crippen molar-refractivity contribution in [3.63, 3.8) is 0 Å². The molecule has 0 radical (unpaired) electrons. The highest BCUT2D eigenvalue weighted by molar-refractivity contribution is 5.81. The van der Waals surface area contributed by atoms with Crippen LogP contribution in [0.2, 0.25) is 0 Å². The predicted molar refractivity (Wildman–Crippen MR) is 58.3 cm³/mol. The number of carbonyl (C=O) groups excluding carboxylic acids is 1. The summed E-state index contributed by atoms with van der Waals surface area (Å²) in [6.07, 6.45) is 1.15. The van der Waals surface area contributed by atoms with Crippen molar-refractivity contribution in [1.82, 2.24) is 5.32 Å². The fourth-order valence-electron chi connectivity index (χ4n) is 1.34. The molecule has 0 aliphatic heterocycles. The lowest BCUT2D eigenvalue weighted by Gasteiger charge is -2.08. The summed E-state index contributed by atoms with van der Waals surface area (Å²) in [5.74, 6) is 0.290. The molecule has 0 saturated heterocycles. The van der Waals surface area contributed by atoms with Crippen molar-refractivity contribution >= 4 is 5.78 Å². The molecular formula is C12H17NO. The Hall–Kier alpha value is -1.15. The van der Waals surface area contributed by atoms with E-state index in [2.05, 4.69) is 5.32 Å². The van der Waals surface area contributed by atoms with E-state index in [9.17, 15) is 4.79 Å². The van der Waals surface area contributed by atoms with Crippen LogP contribution in [0.15, 0.2) is 30.3 Å². The fraction of sp³-hybridized carbons (Fsp3) is 0.417. The minimum Gasteiger partial charge on any atom is -0.317 e. The molecule has 0 saturated carbocycles. The van der Waals surface area contributed by atoms with Gasteiger partial charge in [-0.05, 0) is 19.5 Å². The lowest BCUT2D eigenvalue weighted by Crippen LogP contribution is -2.25. The van der Waals surface area contributed by atoms with Crippen molar-refractivity contribution in [3.05, 3.63) is 35.9 Å². The van der Waals surface area contributed by atoms with Gasteiger partial charge in [0.25, 0.3) is 0 Å². The highest BCUT2D eigenvalue weighted by Crippen LogP contribution is 2.03. The molecule has 0 amide bonds. The van der Waals surface area contributed by atoms with Crippen LogP contribution in [-0.2, 0) is 11.2 Å². The first kappa shape index (κ1) is 10.9. The largest absolute Gasteiger partial charge is 0.317 e. The van der Waals surface area contributed by atoms with Crippen molar-refractivity contribution in [1.29, 1.82) is 0 Å². The van der Waals surface area contributed by atoms with Crippen LogP contribution in [0.25, 0.3) is 0 Å². The van der Waals surface area contributed by atoms with Crippen LogP contribution >= 0.6 is 0 Å². The molecular weight excluding hydrogens is 174 g/mol. The van der Waals surface area contributed by atoms with Crippen LogP contribution in [0.3, 0.4) is 0 Å². The Morgan fingerprint density at radius 1 is 1.36 bits per heavy atom. The van der Waals surface area contributed by atoms with Crippen molar-refractivity contribution < 1.29 is 4.79 Å². The number of hydrogen-bond acceptors (Lipinski definition) is 2. The SMILES string of the molecule is CNC(C)CC(=O)Cc1ccccc1. The highest BCUT2D eigenvalue weighted by Gasteiger charge is 2.07. The lowest BCUT2D eigenvalue weighted by atomic mass is 10.0. The standard InChI is InChI=1S/C12H17NO/c1-10(13-2)8-12(14)9-11-6-4-3-5-7-11/h3-7,10,13H,8-9H2,1-2H3. The Bertz CT molecular complexity index is 282. The van der Waals surface area contributed by atoms with Gasteiger partial charge >= 0.3 is 0 Å². The van der Waals surface area contributed by atoms with Crippen LogP contribution in [0.4, 0.5) is 0 Å². The Kier molecular flexibility index (Phi) is 4.33. The average Bonchev–Trinajstić information content (AvgIpc) is 2.19. The van der Waals surface area contributed by atoms with Crippen molar-refractivity contribution in [2.45, 2.75) is 25.8 Å². The summed E-state index contributed by atoms with van der Waals surface area (Å²) >= 11 is 0. The van der Waals surface area contributed by atoms with Gasteiger partial charge in [-0.2, -0.15) is 0 Å². The predicted octanol–water partition coefficient (Wildman–Crippen LogP) is 1.80. The first-order valence-corrected chi connectivity index (χ1v) is 4.95. The van der Waals surface area contributed by atoms with E-state index >= 15 is 0 Å². The Labute approximate surface area is 85.3 Å². The van der Waals surface area contributed by atoms with Crippen molar-refractivity contribution in [2.75, 3.05) is 7.05 Å². The third-order valence-corrected chi connectivity index (χ3v) is 2.27. The summed E-state index contributed by atoms with van der Waals surface area (Å²) in [6.45, 7) is 2.02. The molecule has 1 N–H and O–H groups in total. The van der Waals surface area contributed by atoms with Crippen LogP contribution in [0.1, 0.15) is 18.9 Å². The molecule has 0 aliphatic carbocycles. The van der Waals surface area contributed by atoms with E-state index in [1.54, 1.807) is 0 Å². The zero-order valence-corrected chi connectivity index (χ0v) is 8.79. The Morgan fingerprint density at radius 2 is 2.00 bits per heavy atom. The molecule has 0 fully saturated rings. The molecule has 1 atom stereocenters. The summed E-state index contributed by atoms with van der Waals surface area (Å²) in [4.78, 5) is 11.5. The summed E-state index contributed by atoms with van der Waals surface area (Å²) in [5, 5.41) is 3.06. The summed E-state index contributed by atoms with van der Waals surface area (Å²) < 4.78 is 0. The molecule has 0 spiro atoms. The van der Waals surface area contributed by atoms with Gasteiger partial charge in [-0.1, -0.05) is 30.3 Å². The molecule has 1 rings (SSSR count). The first-order chi connectivity index (χ1) is 6.72. The molecule has 0 heterocycles. The fourth-order valence-corrected chi connectivity index (χ4v) is 1.34. The minimum absolute atomic E-state index is 0.270. The second-order valence-corrected chi connectivity index (χ2v) is 3.59. The van der Waals surface area contributed by atoms with Crippen LogP contribution in [-0.4, -0.2) is 18.9 Å². The van der Waals surface area contributed by atoms with Gasteiger partial charge in [-0.3, -0.25) is 4.79 Å². The van der Waals surface area contributed by atoms with Crippen molar-refractivity contribution in [3.8, 4) is 0 Å². The maximum atomic E-state index is 11.5. The topological polar surface area (TPSA) is 29.1 Å². The maximum absolute atomic E-state index is 11.5. The van der Waals surface area contributed by atoms with Crippen LogP contribution in [0, 0.1) is 0 Å². The van der Waals surface area contributed by atoms with Gasteiger partial charge in [-0.15, -0.1) is 0 Å². The minimum atomic E-state index is 0.270. The number of carbonyl (C=O) groups is 1. The molecule has 1 unspecified atom stereocenters. The molecule has 76 valence electrons. The zero-order valence-electron chi connectivity index (χ0n) is 8.79. The Balaban J connectivity index is 2.42. The highest BCUT2D eigenvalue weighted by atomic mass is 16.1. The molecule has 1 aromatic rings. The third kappa shape index (κ3) is 3.71. The molecule has 0 bridgehead atoms. The van der Waals surface area contributed by atoms with Gasteiger partial charge in [0.2, 0.25) is 0 Å². The smallest absolute Gasteiger partial charge is 0.138 e. The normalized spacial score (nSPS) is 12.4. The number of nitrogens with one attached hydrogen (secondary N) is 1. The number of rotatable bonds is 5. The zero-order chi connectivity index (χ0) is 10.4. The van der Waals surface area contributed by atoms with Crippen LogP contribution in [0.5, 0.6) is 0 Å². The molecule has 1 aromatic carbocycles. The lowest BCUT2D eigenvalue weighted by molar-refractivity contribution is -0.118. The van der Waals surface area contributed by atoms with Gasteiger partial charge in [-0.25, -0.2) is 0 Å².